The van der Waals surface area contributed by atoms with Gasteiger partial charge in [0.05, 0.1) is 4.47 Å². The van der Waals surface area contributed by atoms with Crippen LogP contribution in [-0.4, -0.2) is 37.3 Å². The predicted octanol–water partition coefficient (Wildman–Crippen LogP) is 2.37. The lowest BCUT2D eigenvalue weighted by molar-refractivity contribution is -0.132. The van der Waals surface area contributed by atoms with E-state index >= 15 is 0 Å². The molecule has 1 aromatic rings. The summed E-state index contributed by atoms with van der Waals surface area (Å²) in [7, 11) is -2.03. The van der Waals surface area contributed by atoms with Gasteiger partial charge in [0.2, 0.25) is 5.91 Å². The molecule has 0 saturated carbocycles. The molecule has 0 radical (unpaired) electrons. The van der Waals surface area contributed by atoms with E-state index in [0.29, 0.717) is 10.0 Å². The van der Waals surface area contributed by atoms with Crippen LogP contribution in [0.15, 0.2) is 22.7 Å². The first-order valence-electron chi connectivity index (χ1n) is 5.86. The third-order valence-corrected chi connectivity index (χ3v) is 5.86. The van der Waals surface area contributed by atoms with Gasteiger partial charge in [-0.25, -0.2) is 12.8 Å². The summed E-state index contributed by atoms with van der Waals surface area (Å²) in [4.78, 5) is 13.5. The van der Waals surface area contributed by atoms with Crippen LogP contribution in [-0.2, 0) is 21.2 Å². The molecule has 0 aliphatic carbocycles. The van der Waals surface area contributed by atoms with Crippen LogP contribution in [0, 0.1) is 5.82 Å². The van der Waals surface area contributed by atoms with E-state index in [2.05, 4.69) is 15.9 Å². The van der Waals surface area contributed by atoms with Gasteiger partial charge < -0.3 is 4.90 Å². The van der Waals surface area contributed by atoms with Crippen LogP contribution in [0.4, 0.5) is 4.39 Å². The Balaban J connectivity index is 2.94. The largest absolute Gasteiger partial charge is 0.340 e. The molecular formula is C13H17BrFNO3S. The van der Waals surface area contributed by atoms with Crippen LogP contribution in [0.2, 0.25) is 0 Å². The van der Waals surface area contributed by atoms with Crippen LogP contribution in [0.3, 0.4) is 0 Å². The highest BCUT2D eigenvalue weighted by atomic mass is 79.9. The predicted molar refractivity (Wildman–Crippen MR) is 79.5 cm³/mol. The summed E-state index contributed by atoms with van der Waals surface area (Å²) in [6.45, 7) is 2.87. The number of rotatable bonds is 4. The van der Waals surface area contributed by atoms with E-state index in [1.54, 1.807) is 12.1 Å². The van der Waals surface area contributed by atoms with Crippen molar-refractivity contribution < 1.29 is 17.6 Å². The number of amides is 1. The Morgan fingerprint density at radius 1 is 1.40 bits per heavy atom. The molecule has 7 heteroatoms. The number of hydrogen-bond donors (Lipinski definition) is 0. The summed E-state index contributed by atoms with van der Waals surface area (Å²) in [5.74, 6) is -0.950. The Bertz CT molecular complexity index is 629. The third-order valence-electron chi connectivity index (χ3n) is 3.19. The van der Waals surface area contributed by atoms with Gasteiger partial charge in [-0.15, -0.1) is 0 Å². The third kappa shape index (κ3) is 3.58. The zero-order valence-electron chi connectivity index (χ0n) is 11.8. The van der Waals surface area contributed by atoms with E-state index in [0.717, 1.165) is 6.26 Å². The highest BCUT2D eigenvalue weighted by molar-refractivity contribution is 9.10. The molecule has 0 N–H and O–H groups in total. The summed E-state index contributed by atoms with van der Waals surface area (Å²) >= 11 is 3.05. The average molecular weight is 366 g/mol. The minimum Gasteiger partial charge on any atom is -0.340 e. The van der Waals surface area contributed by atoms with Crippen molar-refractivity contribution >= 4 is 31.7 Å². The Hall–Kier alpha value is -0.950. The van der Waals surface area contributed by atoms with E-state index in [1.165, 1.54) is 31.9 Å². The summed E-state index contributed by atoms with van der Waals surface area (Å²) in [6.07, 6.45) is 1.03. The van der Waals surface area contributed by atoms with Gasteiger partial charge in [-0.1, -0.05) is 6.07 Å². The molecule has 112 valence electrons. The number of halogens is 2. The summed E-state index contributed by atoms with van der Waals surface area (Å²) in [6, 6.07) is 4.52. The molecule has 0 spiro atoms. The van der Waals surface area contributed by atoms with E-state index in [1.807, 2.05) is 0 Å². The van der Waals surface area contributed by atoms with Gasteiger partial charge >= 0.3 is 0 Å². The van der Waals surface area contributed by atoms with Crippen molar-refractivity contribution in [2.75, 3.05) is 13.3 Å². The molecule has 0 fully saturated rings. The van der Waals surface area contributed by atoms with Crippen molar-refractivity contribution in [3.8, 4) is 0 Å². The maximum absolute atomic E-state index is 13.4. The SMILES string of the molecule is CN(Cc1ccc(Br)c(F)c1)C(=O)C(C)(C)S(C)(=O)=O. The molecular weight excluding hydrogens is 349 g/mol. The Morgan fingerprint density at radius 3 is 2.40 bits per heavy atom. The molecule has 1 rings (SSSR count). The molecule has 0 heterocycles. The highest BCUT2D eigenvalue weighted by Gasteiger charge is 2.40. The van der Waals surface area contributed by atoms with Gasteiger partial charge in [-0.2, -0.15) is 0 Å². The van der Waals surface area contributed by atoms with Crippen LogP contribution in [0.5, 0.6) is 0 Å². The first kappa shape index (κ1) is 17.1. The fourth-order valence-corrected chi connectivity index (χ4v) is 2.32. The normalized spacial score (nSPS) is 12.3. The lowest BCUT2D eigenvalue weighted by Crippen LogP contribution is -2.47. The van der Waals surface area contributed by atoms with Crippen molar-refractivity contribution in [3.63, 3.8) is 0 Å². The number of carbonyl (C=O) groups excluding carboxylic acids is 1. The van der Waals surface area contributed by atoms with Gasteiger partial charge in [-0.3, -0.25) is 4.79 Å². The lowest BCUT2D eigenvalue weighted by atomic mass is 10.1. The van der Waals surface area contributed by atoms with E-state index < -0.39 is 26.3 Å². The maximum atomic E-state index is 13.4. The molecule has 1 amide bonds. The van der Waals surface area contributed by atoms with Crippen LogP contribution in [0.25, 0.3) is 0 Å². The molecule has 0 unspecified atom stereocenters. The molecule has 0 saturated heterocycles. The molecule has 0 aromatic heterocycles. The van der Waals surface area contributed by atoms with Crippen molar-refractivity contribution in [3.05, 3.63) is 34.1 Å². The van der Waals surface area contributed by atoms with Crippen LogP contribution >= 0.6 is 15.9 Å². The second kappa shape index (κ2) is 5.81. The number of benzene rings is 1. The highest BCUT2D eigenvalue weighted by Crippen LogP contribution is 2.21. The molecule has 4 nitrogen and oxygen atoms in total. The monoisotopic (exact) mass is 365 g/mol. The zero-order valence-corrected chi connectivity index (χ0v) is 14.2. The van der Waals surface area contributed by atoms with Gasteiger partial charge in [0.1, 0.15) is 10.6 Å². The summed E-state index contributed by atoms with van der Waals surface area (Å²) < 4.78 is 35.5. The Morgan fingerprint density at radius 2 is 1.95 bits per heavy atom. The first-order chi connectivity index (χ1) is 8.96. The molecule has 0 aliphatic heterocycles. The summed E-state index contributed by atoms with van der Waals surface area (Å²) in [5.41, 5.74) is 0.589. The van der Waals surface area contributed by atoms with E-state index in [-0.39, 0.29) is 6.54 Å². The maximum Gasteiger partial charge on any atom is 0.243 e. The van der Waals surface area contributed by atoms with Crippen molar-refractivity contribution in [1.29, 1.82) is 0 Å². The minimum atomic E-state index is -3.53. The van der Waals surface area contributed by atoms with Gasteiger partial charge in [0.25, 0.3) is 0 Å². The number of nitrogens with zero attached hydrogens (tertiary/aromatic N) is 1. The fourth-order valence-electron chi connectivity index (χ4n) is 1.60. The van der Waals surface area contributed by atoms with Gasteiger partial charge in [0.15, 0.2) is 9.84 Å². The van der Waals surface area contributed by atoms with Crippen molar-refractivity contribution in [2.24, 2.45) is 0 Å². The molecule has 0 aliphatic rings. The topological polar surface area (TPSA) is 54.5 Å². The second-order valence-electron chi connectivity index (χ2n) is 5.19. The van der Waals surface area contributed by atoms with Gasteiger partial charge in [0, 0.05) is 19.8 Å². The Labute approximate surface area is 127 Å². The average Bonchev–Trinajstić information content (AvgIpc) is 2.31. The molecule has 20 heavy (non-hydrogen) atoms. The number of carbonyl (C=O) groups is 1. The van der Waals surface area contributed by atoms with Crippen molar-refractivity contribution in [1.82, 2.24) is 4.90 Å². The summed E-state index contributed by atoms with van der Waals surface area (Å²) in [5, 5.41) is 0. The molecule has 1 aromatic carbocycles. The fraction of sp³-hybridized carbons (Fsp3) is 0.462. The van der Waals surface area contributed by atoms with E-state index in [9.17, 15) is 17.6 Å². The second-order valence-corrected chi connectivity index (χ2v) is 8.61. The first-order valence-corrected chi connectivity index (χ1v) is 8.54. The molecule has 0 bridgehead atoms. The number of sulfone groups is 1. The zero-order chi connectivity index (χ0) is 15.7. The molecule has 0 atom stereocenters. The lowest BCUT2D eigenvalue weighted by Gasteiger charge is -2.28. The van der Waals surface area contributed by atoms with E-state index in [4.69, 9.17) is 0 Å². The van der Waals surface area contributed by atoms with Crippen LogP contribution in [0.1, 0.15) is 19.4 Å². The minimum absolute atomic E-state index is 0.141. The standard InChI is InChI=1S/C13H17BrFNO3S/c1-13(2,20(4,18)19)12(17)16(3)8-9-5-6-10(14)11(15)7-9/h5-7H,8H2,1-4H3. The van der Waals surface area contributed by atoms with Crippen molar-refractivity contribution in [2.45, 2.75) is 25.1 Å². The quantitative estimate of drug-likeness (QED) is 0.822. The number of hydrogen-bond acceptors (Lipinski definition) is 3. The Kier molecular flexibility index (Phi) is 4.97. The smallest absolute Gasteiger partial charge is 0.243 e. The van der Waals surface area contributed by atoms with Gasteiger partial charge in [-0.05, 0) is 47.5 Å². The van der Waals surface area contributed by atoms with Crippen LogP contribution < -0.4 is 0 Å².